The molecule has 0 unspecified atom stereocenters. The number of hydrogen-bond acceptors (Lipinski definition) is 6. The van der Waals surface area contributed by atoms with Gasteiger partial charge in [0.15, 0.2) is 0 Å². The number of fused-ring (bicyclic) bond motifs is 5. The number of benzene rings is 1. The van der Waals surface area contributed by atoms with Crippen LogP contribution in [-0.2, 0) is 9.59 Å². The number of rotatable bonds is 4. The molecule has 2 heterocycles. The molecule has 2 bridgehead atoms. The third-order valence-electron chi connectivity index (χ3n) is 5.74. The number of hydrazone groups is 1. The summed E-state index contributed by atoms with van der Waals surface area (Å²) in [7, 11) is 0. The fraction of sp³-hybridized carbons (Fsp3) is 0.250. The van der Waals surface area contributed by atoms with Crippen molar-refractivity contribution >= 4 is 23.7 Å². The molecule has 5 rings (SSSR count). The van der Waals surface area contributed by atoms with Crippen LogP contribution >= 0.6 is 0 Å². The maximum Gasteiger partial charge on any atom is 0.280 e. The predicted octanol–water partition coefficient (Wildman–Crippen LogP) is 3.00. The normalized spacial score (nSPS) is 27.9. The molecule has 8 heteroatoms. The highest BCUT2D eigenvalue weighted by Crippen LogP contribution is 2.52. The van der Waals surface area contributed by atoms with Crippen molar-refractivity contribution in [3.63, 3.8) is 0 Å². The molecular formula is C20H15N3O5. The highest BCUT2D eigenvalue weighted by molar-refractivity contribution is 6.06. The van der Waals surface area contributed by atoms with E-state index < -0.39 is 4.92 Å². The van der Waals surface area contributed by atoms with Gasteiger partial charge in [-0.2, -0.15) is 10.1 Å². The molecule has 1 saturated heterocycles. The van der Waals surface area contributed by atoms with Gasteiger partial charge in [-0.3, -0.25) is 19.7 Å². The van der Waals surface area contributed by atoms with Crippen molar-refractivity contribution in [3.05, 3.63) is 64.4 Å². The topological polar surface area (TPSA) is 106 Å². The lowest BCUT2D eigenvalue weighted by Gasteiger charge is -2.13. The van der Waals surface area contributed by atoms with Gasteiger partial charge >= 0.3 is 0 Å². The molecule has 2 fully saturated rings. The van der Waals surface area contributed by atoms with Gasteiger partial charge in [0.05, 0.1) is 28.5 Å². The van der Waals surface area contributed by atoms with Crippen LogP contribution in [0, 0.1) is 33.8 Å². The van der Waals surface area contributed by atoms with E-state index in [2.05, 4.69) is 5.10 Å². The summed E-state index contributed by atoms with van der Waals surface area (Å²) in [6.45, 7) is 0. The minimum Gasteiger partial charge on any atom is -0.455 e. The average molecular weight is 377 g/mol. The van der Waals surface area contributed by atoms with Gasteiger partial charge in [0, 0.05) is 6.07 Å². The Morgan fingerprint density at radius 3 is 2.43 bits per heavy atom. The number of imide groups is 1. The second-order valence-electron chi connectivity index (χ2n) is 7.21. The van der Waals surface area contributed by atoms with Crippen LogP contribution in [0.25, 0.3) is 11.3 Å². The first-order valence-corrected chi connectivity index (χ1v) is 8.98. The van der Waals surface area contributed by atoms with Crippen LogP contribution in [0.3, 0.4) is 0 Å². The second kappa shape index (κ2) is 5.98. The summed E-state index contributed by atoms with van der Waals surface area (Å²) in [5.41, 5.74) is 0.277. The molecule has 28 heavy (non-hydrogen) atoms. The minimum absolute atomic E-state index is 0.0685. The third kappa shape index (κ3) is 2.34. The number of nitro benzene ring substituents is 1. The maximum atomic E-state index is 12.6. The van der Waals surface area contributed by atoms with Crippen molar-refractivity contribution in [3.8, 4) is 11.3 Å². The summed E-state index contributed by atoms with van der Waals surface area (Å²) in [5.74, 6) is -0.292. The van der Waals surface area contributed by atoms with Gasteiger partial charge in [0.1, 0.15) is 11.5 Å². The van der Waals surface area contributed by atoms with E-state index in [1.54, 1.807) is 30.3 Å². The van der Waals surface area contributed by atoms with Crippen LogP contribution in [0.1, 0.15) is 12.2 Å². The number of nitro groups is 1. The summed E-state index contributed by atoms with van der Waals surface area (Å²) >= 11 is 0. The second-order valence-corrected chi connectivity index (χ2v) is 7.21. The van der Waals surface area contributed by atoms with E-state index in [4.69, 9.17) is 4.42 Å². The molecule has 2 amide bonds. The monoisotopic (exact) mass is 377 g/mol. The zero-order chi connectivity index (χ0) is 19.4. The molecule has 2 aromatic rings. The van der Waals surface area contributed by atoms with Gasteiger partial charge in [0.2, 0.25) is 0 Å². The Morgan fingerprint density at radius 1 is 1.07 bits per heavy atom. The molecule has 1 aliphatic heterocycles. The Kier molecular flexibility index (Phi) is 3.55. The highest BCUT2D eigenvalue weighted by Gasteiger charge is 2.59. The first-order chi connectivity index (χ1) is 13.5. The van der Waals surface area contributed by atoms with Crippen LogP contribution in [0.2, 0.25) is 0 Å². The van der Waals surface area contributed by atoms with Crippen molar-refractivity contribution in [1.82, 2.24) is 5.01 Å². The Bertz CT molecular complexity index is 1040. The van der Waals surface area contributed by atoms with Crippen LogP contribution < -0.4 is 0 Å². The molecule has 1 saturated carbocycles. The van der Waals surface area contributed by atoms with Crippen molar-refractivity contribution in [1.29, 1.82) is 0 Å². The van der Waals surface area contributed by atoms with Crippen molar-refractivity contribution in [2.75, 3.05) is 0 Å². The molecule has 1 aromatic carbocycles. The van der Waals surface area contributed by atoms with Gasteiger partial charge in [-0.25, -0.2) is 0 Å². The standard InChI is InChI=1S/C20H15N3O5/c24-19-17-11-5-6-12(9-11)18(17)20(25)22(19)21-10-13-7-8-16(28-13)14-3-1-2-4-15(14)23(26)27/h1-8,10-12,17-18H,9H2/t11-,12-,17-,18+/m0/s1. The average Bonchev–Trinajstić information content (AvgIpc) is 3.46. The number of allylic oxidation sites excluding steroid dienone is 2. The van der Waals surface area contributed by atoms with Crippen LogP contribution in [0.4, 0.5) is 5.69 Å². The number of amides is 2. The van der Waals surface area contributed by atoms with E-state index in [9.17, 15) is 19.7 Å². The molecule has 0 N–H and O–H groups in total. The number of para-hydroxylation sites is 1. The lowest BCUT2D eigenvalue weighted by atomic mass is 9.85. The summed E-state index contributed by atoms with van der Waals surface area (Å²) < 4.78 is 5.62. The molecule has 3 aliphatic rings. The minimum atomic E-state index is -0.478. The van der Waals surface area contributed by atoms with Crippen molar-refractivity contribution in [2.24, 2.45) is 28.8 Å². The van der Waals surface area contributed by atoms with Crippen LogP contribution in [-0.4, -0.2) is 28.0 Å². The van der Waals surface area contributed by atoms with Gasteiger partial charge < -0.3 is 4.42 Å². The van der Waals surface area contributed by atoms with Gasteiger partial charge in [0.25, 0.3) is 17.5 Å². The largest absolute Gasteiger partial charge is 0.455 e. The lowest BCUT2D eigenvalue weighted by Crippen LogP contribution is -2.28. The van der Waals surface area contributed by atoms with E-state index in [-0.39, 0.29) is 41.2 Å². The number of furan rings is 1. The van der Waals surface area contributed by atoms with E-state index >= 15 is 0 Å². The fourth-order valence-corrected chi connectivity index (χ4v) is 4.52. The van der Waals surface area contributed by atoms with E-state index in [0.717, 1.165) is 11.4 Å². The quantitative estimate of drug-likeness (QED) is 0.268. The summed E-state index contributed by atoms with van der Waals surface area (Å²) in [6, 6.07) is 9.43. The fourth-order valence-electron chi connectivity index (χ4n) is 4.52. The van der Waals surface area contributed by atoms with Crippen LogP contribution in [0.15, 0.2) is 58.1 Å². The number of carbonyl (C=O) groups excluding carboxylic acids is 2. The van der Waals surface area contributed by atoms with Gasteiger partial charge in [-0.15, -0.1) is 0 Å². The van der Waals surface area contributed by atoms with E-state index in [1.165, 1.54) is 12.3 Å². The Hall–Kier alpha value is -3.55. The summed E-state index contributed by atoms with van der Waals surface area (Å²) in [4.78, 5) is 35.9. The number of carbonyl (C=O) groups is 2. The third-order valence-corrected chi connectivity index (χ3v) is 5.74. The van der Waals surface area contributed by atoms with Crippen molar-refractivity contribution in [2.45, 2.75) is 6.42 Å². The molecule has 0 radical (unpaired) electrons. The predicted molar refractivity (Wildman–Crippen MR) is 98.0 cm³/mol. The molecule has 140 valence electrons. The smallest absolute Gasteiger partial charge is 0.280 e. The molecular weight excluding hydrogens is 362 g/mol. The molecule has 0 spiro atoms. The SMILES string of the molecule is O=C1[C@@H]2[C@H](C(=O)N1N=Cc1ccc(-c3ccccc3[N+](=O)[O-])o1)[C@H]1C=C[C@H]2C1. The first-order valence-electron chi connectivity index (χ1n) is 8.98. The molecule has 4 atom stereocenters. The number of nitrogens with zero attached hydrogens (tertiary/aromatic N) is 3. The van der Waals surface area contributed by atoms with Gasteiger partial charge in [-0.05, 0) is 36.5 Å². The Labute approximate surface area is 159 Å². The zero-order valence-corrected chi connectivity index (χ0v) is 14.6. The Balaban J connectivity index is 1.39. The van der Waals surface area contributed by atoms with E-state index in [1.807, 2.05) is 12.2 Å². The maximum absolute atomic E-state index is 12.6. The Morgan fingerprint density at radius 2 is 1.75 bits per heavy atom. The van der Waals surface area contributed by atoms with Crippen molar-refractivity contribution < 1.29 is 18.9 Å². The highest BCUT2D eigenvalue weighted by atomic mass is 16.6. The van der Waals surface area contributed by atoms with E-state index in [0.29, 0.717) is 17.1 Å². The summed E-state index contributed by atoms with van der Waals surface area (Å²) in [5, 5.41) is 16.2. The van der Waals surface area contributed by atoms with Gasteiger partial charge in [-0.1, -0.05) is 24.3 Å². The first kappa shape index (κ1) is 16.6. The zero-order valence-electron chi connectivity index (χ0n) is 14.6. The summed E-state index contributed by atoms with van der Waals surface area (Å²) in [6.07, 6.45) is 6.21. The van der Waals surface area contributed by atoms with Crippen LogP contribution in [0.5, 0.6) is 0 Å². The molecule has 1 aromatic heterocycles. The molecule has 2 aliphatic carbocycles. The number of hydrogen-bond donors (Lipinski definition) is 0. The molecule has 8 nitrogen and oxygen atoms in total. The lowest BCUT2D eigenvalue weighted by molar-refractivity contribution is -0.384.